The number of aromatic amines is 1. The summed E-state index contributed by atoms with van der Waals surface area (Å²) in [5, 5.41) is 2.63. The van der Waals surface area contributed by atoms with Gasteiger partial charge in [0.05, 0.1) is 5.56 Å². The second-order valence-corrected chi connectivity index (χ2v) is 5.55. The first-order valence-corrected chi connectivity index (χ1v) is 7.36. The van der Waals surface area contributed by atoms with Crippen molar-refractivity contribution in [2.24, 2.45) is 0 Å². The Kier molecular flexibility index (Phi) is 5.62. The maximum absolute atomic E-state index is 12.4. The maximum Gasteiger partial charge on any atom is 0.387 e. The van der Waals surface area contributed by atoms with Crippen molar-refractivity contribution in [2.75, 3.05) is 0 Å². The fourth-order valence-electron chi connectivity index (χ4n) is 1.77. The van der Waals surface area contributed by atoms with Crippen molar-refractivity contribution >= 4 is 34.1 Å². The van der Waals surface area contributed by atoms with Gasteiger partial charge in [-0.05, 0) is 30.3 Å². The largest absolute Gasteiger partial charge is 0.434 e. The molecule has 0 radical (unpaired) electrons. The van der Waals surface area contributed by atoms with Gasteiger partial charge in [-0.15, -0.1) is 0 Å². The Balaban J connectivity index is 2.14. The average molecular weight is 389 g/mol. The van der Waals surface area contributed by atoms with Gasteiger partial charge in [0.1, 0.15) is 10.4 Å². The van der Waals surface area contributed by atoms with E-state index in [0.717, 1.165) is 0 Å². The van der Waals surface area contributed by atoms with Crippen LogP contribution in [0.4, 0.5) is 8.78 Å². The molecule has 1 heterocycles. The Morgan fingerprint density at radius 1 is 1.41 bits per heavy atom. The summed E-state index contributed by atoms with van der Waals surface area (Å²) in [5.41, 5.74) is 0.734. The summed E-state index contributed by atoms with van der Waals surface area (Å²) in [6, 6.07) is 7.81. The zero-order chi connectivity index (χ0) is 16.1. The van der Waals surface area contributed by atoms with Crippen molar-refractivity contribution in [3.63, 3.8) is 0 Å². The molecule has 2 aromatic rings. The third-order valence-electron chi connectivity index (χ3n) is 2.74. The number of hydrogen-bond donors (Lipinski definition) is 2. The van der Waals surface area contributed by atoms with E-state index in [2.05, 4.69) is 31.0 Å². The molecule has 0 aliphatic carbocycles. The quantitative estimate of drug-likeness (QED) is 0.760. The Labute approximate surface area is 138 Å². The van der Waals surface area contributed by atoms with Crippen molar-refractivity contribution in [1.29, 1.82) is 0 Å². The van der Waals surface area contributed by atoms with E-state index in [-0.39, 0.29) is 12.3 Å². The van der Waals surface area contributed by atoms with E-state index in [1.807, 2.05) is 0 Å². The lowest BCUT2D eigenvalue weighted by Crippen LogP contribution is -2.23. The van der Waals surface area contributed by atoms with Gasteiger partial charge in [-0.1, -0.05) is 28.1 Å². The van der Waals surface area contributed by atoms with E-state index >= 15 is 0 Å². The number of carbonyl (C=O) groups is 1. The van der Waals surface area contributed by atoms with Crippen LogP contribution in [0.5, 0.6) is 5.75 Å². The Hall–Kier alpha value is -1.80. The summed E-state index contributed by atoms with van der Waals surface area (Å²) in [4.78, 5) is 14.8. The van der Waals surface area contributed by atoms with Gasteiger partial charge in [0, 0.05) is 22.8 Å². The molecule has 1 amide bonds. The zero-order valence-electron chi connectivity index (χ0n) is 11.1. The number of H-pyrrole nitrogens is 1. The Morgan fingerprint density at radius 3 is 2.86 bits per heavy atom. The third kappa shape index (κ3) is 4.35. The highest BCUT2D eigenvalue weighted by atomic mass is 79.9. The van der Waals surface area contributed by atoms with Crippen LogP contribution in [0.2, 0.25) is 0 Å². The summed E-state index contributed by atoms with van der Waals surface area (Å²) in [6.45, 7) is -2.90. The van der Waals surface area contributed by atoms with Crippen LogP contribution in [0.1, 0.15) is 15.9 Å². The van der Waals surface area contributed by atoms with Crippen LogP contribution < -0.4 is 10.1 Å². The topological polar surface area (TPSA) is 54.1 Å². The molecule has 0 atom stereocenters. The highest BCUT2D eigenvalue weighted by Gasteiger charge is 2.12. The van der Waals surface area contributed by atoms with E-state index in [0.29, 0.717) is 20.2 Å². The number of aromatic nitrogens is 1. The number of benzene rings is 1. The Morgan fingerprint density at radius 2 is 2.18 bits per heavy atom. The molecule has 4 nitrogen and oxygen atoms in total. The first-order valence-electron chi connectivity index (χ1n) is 6.16. The molecule has 2 N–H and O–H groups in total. The van der Waals surface area contributed by atoms with Crippen LogP contribution in [-0.2, 0) is 6.54 Å². The molecule has 0 bridgehead atoms. The van der Waals surface area contributed by atoms with Gasteiger partial charge in [-0.2, -0.15) is 8.78 Å². The lowest BCUT2D eigenvalue weighted by atomic mass is 10.2. The molecule has 0 saturated heterocycles. The van der Waals surface area contributed by atoms with Gasteiger partial charge in [-0.25, -0.2) is 0 Å². The standard InChI is InChI=1S/C14H11BrF2N2O2S/c15-9-3-4-11(21-14(16)17)8(6-9)7-19-12(20)10-2-1-5-18-13(10)22/h1-6,14H,7H2,(H,18,22)(H,19,20). The van der Waals surface area contributed by atoms with Gasteiger partial charge in [0.25, 0.3) is 5.91 Å². The van der Waals surface area contributed by atoms with E-state index in [1.54, 1.807) is 30.5 Å². The molecule has 1 aromatic carbocycles. The van der Waals surface area contributed by atoms with Crippen molar-refractivity contribution in [3.8, 4) is 5.75 Å². The van der Waals surface area contributed by atoms with Gasteiger partial charge < -0.3 is 15.0 Å². The fraction of sp³-hybridized carbons (Fsp3) is 0.143. The SMILES string of the molecule is O=C(NCc1cc(Br)ccc1OC(F)F)c1ccc[nH]c1=S. The Bertz CT molecular complexity index is 737. The van der Waals surface area contributed by atoms with Gasteiger partial charge in [0.2, 0.25) is 0 Å². The molecule has 0 fully saturated rings. The molecule has 0 saturated carbocycles. The van der Waals surface area contributed by atoms with Crippen molar-refractivity contribution in [1.82, 2.24) is 10.3 Å². The number of hydrogen-bond acceptors (Lipinski definition) is 3. The molecule has 1 aromatic heterocycles. The predicted octanol–water partition coefficient (Wildman–Crippen LogP) is 4.04. The first kappa shape index (κ1) is 16.6. The summed E-state index contributed by atoms with van der Waals surface area (Å²) in [5.74, 6) is -0.387. The first-order chi connectivity index (χ1) is 10.5. The molecule has 0 spiro atoms. The summed E-state index contributed by atoms with van der Waals surface area (Å²) in [7, 11) is 0. The van der Waals surface area contributed by atoms with E-state index in [1.165, 1.54) is 6.07 Å². The number of pyridine rings is 1. The molecular formula is C14H11BrF2N2O2S. The highest BCUT2D eigenvalue weighted by Crippen LogP contribution is 2.24. The monoisotopic (exact) mass is 388 g/mol. The molecule has 8 heteroatoms. The average Bonchev–Trinajstić information content (AvgIpc) is 2.47. The van der Waals surface area contributed by atoms with Gasteiger partial charge in [0.15, 0.2) is 0 Å². The second-order valence-electron chi connectivity index (χ2n) is 4.23. The lowest BCUT2D eigenvalue weighted by Gasteiger charge is -2.12. The predicted molar refractivity (Wildman–Crippen MR) is 83.6 cm³/mol. The van der Waals surface area contributed by atoms with Crippen LogP contribution in [0.15, 0.2) is 41.0 Å². The number of amides is 1. The molecule has 116 valence electrons. The fourth-order valence-corrected chi connectivity index (χ4v) is 2.41. The van der Waals surface area contributed by atoms with Crippen molar-refractivity contribution in [2.45, 2.75) is 13.2 Å². The minimum absolute atomic E-state index is 0.0109. The van der Waals surface area contributed by atoms with E-state index < -0.39 is 12.5 Å². The summed E-state index contributed by atoms with van der Waals surface area (Å²) >= 11 is 8.26. The number of carbonyl (C=O) groups excluding carboxylic acids is 1. The third-order valence-corrected chi connectivity index (χ3v) is 3.57. The highest BCUT2D eigenvalue weighted by molar-refractivity contribution is 9.10. The number of nitrogens with one attached hydrogen (secondary N) is 2. The molecule has 0 aliphatic heterocycles. The maximum atomic E-state index is 12.4. The van der Waals surface area contributed by atoms with Crippen LogP contribution in [0, 0.1) is 4.64 Å². The van der Waals surface area contributed by atoms with Crippen LogP contribution in [0.25, 0.3) is 0 Å². The normalized spacial score (nSPS) is 10.5. The molecule has 2 rings (SSSR count). The number of ether oxygens (including phenoxy) is 1. The van der Waals surface area contributed by atoms with Crippen molar-refractivity contribution in [3.05, 3.63) is 56.8 Å². The van der Waals surface area contributed by atoms with Gasteiger partial charge in [-0.3, -0.25) is 4.79 Å². The van der Waals surface area contributed by atoms with E-state index in [9.17, 15) is 13.6 Å². The lowest BCUT2D eigenvalue weighted by molar-refractivity contribution is -0.0504. The smallest absolute Gasteiger partial charge is 0.387 e. The van der Waals surface area contributed by atoms with Crippen LogP contribution >= 0.6 is 28.1 Å². The minimum atomic E-state index is -2.93. The molecule has 0 unspecified atom stereocenters. The van der Waals surface area contributed by atoms with Gasteiger partial charge >= 0.3 is 6.61 Å². The number of halogens is 3. The molecule has 0 aliphatic rings. The molecular weight excluding hydrogens is 378 g/mol. The molecule has 22 heavy (non-hydrogen) atoms. The van der Waals surface area contributed by atoms with Crippen LogP contribution in [0.3, 0.4) is 0 Å². The zero-order valence-corrected chi connectivity index (χ0v) is 13.5. The second kappa shape index (κ2) is 7.46. The summed E-state index contributed by atoms with van der Waals surface area (Å²) in [6.07, 6.45) is 1.61. The van der Waals surface area contributed by atoms with Crippen molar-refractivity contribution < 1.29 is 18.3 Å². The van der Waals surface area contributed by atoms with Crippen LogP contribution in [-0.4, -0.2) is 17.5 Å². The number of rotatable bonds is 5. The van der Waals surface area contributed by atoms with E-state index in [4.69, 9.17) is 12.2 Å². The minimum Gasteiger partial charge on any atom is -0.434 e. The number of alkyl halides is 2. The summed E-state index contributed by atoms with van der Waals surface area (Å²) < 4.78 is 30.2.